The Morgan fingerprint density at radius 3 is 1.86 bits per heavy atom. The Balaban J connectivity index is 3.15. The number of hydrogen-bond acceptors (Lipinski definition) is 0. The van der Waals surface area contributed by atoms with E-state index in [1.54, 1.807) is 0 Å². The van der Waals surface area contributed by atoms with E-state index < -0.39 is 0 Å². The first-order chi connectivity index (χ1) is 3.06. The molecule has 0 unspecified atom stereocenters. The van der Waals surface area contributed by atoms with Crippen molar-refractivity contribution in [2.24, 2.45) is 0 Å². The summed E-state index contributed by atoms with van der Waals surface area (Å²) in [6.45, 7) is 6.69. The number of rotatable bonds is 2. The zero-order valence-corrected chi connectivity index (χ0v) is 6.65. The van der Waals surface area contributed by atoms with E-state index in [1.165, 1.54) is 12.8 Å². The van der Waals surface area contributed by atoms with E-state index in [1.807, 2.05) is 0 Å². The van der Waals surface area contributed by atoms with Crippen molar-refractivity contribution >= 4 is 16.3 Å². The fourth-order valence-corrected chi connectivity index (χ4v) is 0.933. The molecule has 0 aromatic carbocycles. The van der Waals surface area contributed by atoms with Crippen molar-refractivity contribution in [2.45, 2.75) is 37.9 Å². The average molecular weight is 112 g/mol. The summed E-state index contributed by atoms with van der Waals surface area (Å²) in [6, 6.07) is 0. The van der Waals surface area contributed by atoms with E-state index in [9.17, 15) is 0 Å². The van der Waals surface area contributed by atoms with Crippen LogP contribution >= 0.6 is 0 Å². The molecule has 0 amide bonds. The molecule has 0 spiro atoms. The van der Waals surface area contributed by atoms with Gasteiger partial charge in [-0.25, -0.2) is 0 Å². The molecule has 0 rings (SSSR count). The summed E-state index contributed by atoms with van der Waals surface area (Å²) in [5.41, 5.74) is 0. The summed E-state index contributed by atoms with van der Waals surface area (Å²) in [6.07, 6.45) is 2.59. The predicted molar refractivity (Wildman–Crippen MR) is 34.7 cm³/mol. The predicted octanol–water partition coefficient (Wildman–Crippen LogP) is 2.15. The quantitative estimate of drug-likeness (QED) is 0.480. The molecule has 0 aromatic heterocycles. The molecular weight excluding hydrogens is 99.0 g/mol. The van der Waals surface area contributed by atoms with E-state index in [-0.39, 0.29) is 0 Å². The molecule has 0 N–H and O–H groups in total. The maximum absolute atomic E-state index is 2.84. The molecule has 0 heterocycles. The minimum absolute atomic E-state index is 0.467. The second-order valence-electron chi connectivity index (χ2n) is 2.74. The maximum atomic E-state index is 2.84. The van der Waals surface area contributed by atoms with Crippen LogP contribution in [0.2, 0.25) is 4.28 Å². The standard InChI is InChI=1S/C6H13.Al/c1-4-5-6(2)3;/h4-5H2,1-3H3;/q;+2. The molecule has 0 saturated heterocycles. The van der Waals surface area contributed by atoms with Gasteiger partial charge >= 0.3 is 54.2 Å². The van der Waals surface area contributed by atoms with Gasteiger partial charge in [0.15, 0.2) is 0 Å². The molecule has 0 aliphatic heterocycles. The van der Waals surface area contributed by atoms with Crippen LogP contribution in [0.25, 0.3) is 0 Å². The van der Waals surface area contributed by atoms with E-state index in [0.717, 1.165) is 0 Å². The van der Waals surface area contributed by atoms with Crippen molar-refractivity contribution in [3.05, 3.63) is 0 Å². The van der Waals surface area contributed by atoms with Crippen molar-refractivity contribution in [3.8, 4) is 0 Å². The van der Waals surface area contributed by atoms with Crippen LogP contribution in [0.15, 0.2) is 0 Å². The molecule has 0 atom stereocenters. The van der Waals surface area contributed by atoms with E-state index in [2.05, 4.69) is 37.1 Å². The molecule has 38 valence electrons. The Hall–Kier alpha value is 0.532. The fourth-order valence-electron chi connectivity index (χ4n) is 0.644. The first kappa shape index (κ1) is 7.53. The molecule has 1 heteroatoms. The van der Waals surface area contributed by atoms with Crippen LogP contribution < -0.4 is 0 Å². The minimum atomic E-state index is 0.467. The van der Waals surface area contributed by atoms with Crippen molar-refractivity contribution in [1.82, 2.24) is 0 Å². The van der Waals surface area contributed by atoms with Crippen LogP contribution in [0.3, 0.4) is 0 Å². The van der Waals surface area contributed by atoms with Gasteiger partial charge in [0.05, 0.1) is 0 Å². The molecule has 0 radical (unpaired) electrons. The SMILES string of the molecule is CCC[C](C)(C)[Al+2]. The second-order valence-corrected chi connectivity index (χ2v) is 4.30. The zero-order valence-electron chi connectivity index (χ0n) is 5.49. The Kier molecular flexibility index (Phi) is 2.96. The first-order valence-corrected chi connectivity index (χ1v) is 3.43. The van der Waals surface area contributed by atoms with Gasteiger partial charge in [-0.05, 0) is 0 Å². The van der Waals surface area contributed by atoms with Gasteiger partial charge in [0.1, 0.15) is 0 Å². The van der Waals surface area contributed by atoms with Gasteiger partial charge in [-0.15, -0.1) is 0 Å². The molecule has 0 bridgehead atoms. The topological polar surface area (TPSA) is 0 Å². The molecule has 7 heavy (non-hydrogen) atoms. The fraction of sp³-hybridized carbons (Fsp3) is 1.00. The zero-order chi connectivity index (χ0) is 5.91. The summed E-state index contributed by atoms with van der Waals surface area (Å²) in [7, 11) is 0. The van der Waals surface area contributed by atoms with Crippen LogP contribution in [0, 0.1) is 0 Å². The van der Waals surface area contributed by atoms with Gasteiger partial charge in [-0.2, -0.15) is 0 Å². The van der Waals surface area contributed by atoms with E-state index >= 15 is 0 Å². The van der Waals surface area contributed by atoms with Crippen molar-refractivity contribution in [2.75, 3.05) is 0 Å². The molecule has 0 aromatic rings. The monoisotopic (exact) mass is 112 g/mol. The molecule has 0 fully saturated rings. The van der Waals surface area contributed by atoms with Gasteiger partial charge in [0, 0.05) is 0 Å². The molecule has 0 saturated carbocycles. The van der Waals surface area contributed by atoms with E-state index in [4.69, 9.17) is 0 Å². The Labute approximate surface area is 54.7 Å². The van der Waals surface area contributed by atoms with Gasteiger partial charge in [-0.3, -0.25) is 0 Å². The third-order valence-electron chi connectivity index (χ3n) is 0.894. The van der Waals surface area contributed by atoms with Gasteiger partial charge < -0.3 is 0 Å². The normalized spacial score (nSPS) is 12.1. The van der Waals surface area contributed by atoms with Crippen LogP contribution in [0.4, 0.5) is 0 Å². The van der Waals surface area contributed by atoms with Crippen molar-refractivity contribution in [1.29, 1.82) is 0 Å². The van der Waals surface area contributed by atoms with Gasteiger partial charge in [0.2, 0.25) is 0 Å². The summed E-state index contributed by atoms with van der Waals surface area (Å²) >= 11 is 2.84. The summed E-state index contributed by atoms with van der Waals surface area (Å²) in [5, 5.41) is 0. The summed E-state index contributed by atoms with van der Waals surface area (Å²) in [5.74, 6) is 0. The van der Waals surface area contributed by atoms with Crippen molar-refractivity contribution in [3.63, 3.8) is 0 Å². The molecule has 0 aliphatic rings. The van der Waals surface area contributed by atoms with Gasteiger partial charge in [-0.1, -0.05) is 0 Å². The van der Waals surface area contributed by atoms with Crippen LogP contribution in [0.5, 0.6) is 0 Å². The Morgan fingerprint density at radius 2 is 1.86 bits per heavy atom. The van der Waals surface area contributed by atoms with Crippen LogP contribution in [0.1, 0.15) is 33.6 Å². The Bertz CT molecular complexity index is 42.6. The molecule has 0 nitrogen and oxygen atoms in total. The van der Waals surface area contributed by atoms with E-state index in [0.29, 0.717) is 4.28 Å². The van der Waals surface area contributed by atoms with Gasteiger partial charge in [0.25, 0.3) is 0 Å². The first-order valence-electron chi connectivity index (χ1n) is 2.85. The third kappa shape index (κ3) is 6.53. The third-order valence-corrected chi connectivity index (χ3v) is 1.18. The number of hydrogen-bond donors (Lipinski definition) is 0. The molecular formula is C6H13Al+2. The Morgan fingerprint density at radius 1 is 1.43 bits per heavy atom. The average Bonchev–Trinajstić information content (AvgIpc) is 1.30. The second kappa shape index (κ2) is 2.75. The molecule has 0 aliphatic carbocycles. The van der Waals surface area contributed by atoms with Crippen LogP contribution in [-0.2, 0) is 0 Å². The van der Waals surface area contributed by atoms with Crippen molar-refractivity contribution < 1.29 is 0 Å². The van der Waals surface area contributed by atoms with Crippen LogP contribution in [-0.4, -0.2) is 16.3 Å². The summed E-state index contributed by atoms with van der Waals surface area (Å²) < 4.78 is 0.467. The summed E-state index contributed by atoms with van der Waals surface area (Å²) in [4.78, 5) is 0.